The number of aromatic nitrogens is 2. The molecule has 2 aromatic carbocycles. The van der Waals surface area contributed by atoms with E-state index in [1.807, 2.05) is 0 Å². The molecule has 2 heterocycles. The van der Waals surface area contributed by atoms with Crippen molar-refractivity contribution < 1.29 is 26.8 Å². The van der Waals surface area contributed by atoms with Gasteiger partial charge in [0.25, 0.3) is 11.1 Å². The first-order chi connectivity index (χ1) is 16.5. The minimum absolute atomic E-state index is 0.0179. The zero-order valence-electron chi connectivity index (χ0n) is 17.1. The summed E-state index contributed by atoms with van der Waals surface area (Å²) in [5.41, 5.74) is -0.631. The maximum atomic E-state index is 14.1. The van der Waals surface area contributed by atoms with Gasteiger partial charge in [-0.2, -0.15) is 18.3 Å². The predicted octanol–water partition coefficient (Wildman–Crippen LogP) is 6.05. The van der Waals surface area contributed by atoms with Crippen LogP contribution >= 0.6 is 46.6 Å². The number of thioether (sulfide) groups is 1. The number of alkyl halides is 3. The maximum Gasteiger partial charge on any atom is 0.417 e. The van der Waals surface area contributed by atoms with Gasteiger partial charge in [0.1, 0.15) is 11.5 Å². The average molecular weight is 569 g/mol. The highest BCUT2D eigenvalue weighted by atomic mass is 35.5. The van der Waals surface area contributed by atoms with Crippen molar-refractivity contribution in [1.29, 1.82) is 0 Å². The molecule has 2 N–H and O–H groups in total. The number of nitrogens with zero attached hydrogens (tertiary/aromatic N) is 3. The van der Waals surface area contributed by atoms with Crippen LogP contribution in [0.5, 0.6) is 0 Å². The van der Waals surface area contributed by atoms with Gasteiger partial charge in [-0.3, -0.25) is 10.2 Å². The van der Waals surface area contributed by atoms with E-state index < -0.39 is 29.9 Å². The molecule has 0 spiro atoms. The molecule has 1 unspecified atom stereocenters. The molecular weight excluding hydrogens is 557 g/mol. The Bertz CT molecular complexity index is 1300. The summed E-state index contributed by atoms with van der Waals surface area (Å²) >= 11 is 18.5. The number of nitrogens with one attached hydrogen (secondary N) is 2. The van der Waals surface area contributed by atoms with E-state index in [1.54, 1.807) is 0 Å². The molecule has 0 aliphatic carbocycles. The number of anilines is 1. The minimum Gasteiger partial charge on any atom is -0.410 e. The van der Waals surface area contributed by atoms with Crippen LogP contribution in [0, 0.1) is 5.82 Å². The molecule has 0 fully saturated rings. The lowest BCUT2D eigenvalue weighted by Crippen LogP contribution is -2.49. The van der Waals surface area contributed by atoms with Gasteiger partial charge in [-0.05, 0) is 42.0 Å². The molecule has 1 atom stereocenters. The van der Waals surface area contributed by atoms with Gasteiger partial charge in [0.15, 0.2) is 5.54 Å². The largest absolute Gasteiger partial charge is 0.417 e. The standard InChI is InChI=1S/C20H12Cl3F4N5O2S/c21-10-3-9(4-11(22)5-10)19(20(25,26)27)7-15(29-32-19)17-30-31-18(34-17)35-8-16(33)28-14-2-1-12(24)6-13(14)23/h1-6,32H,7-8H2,(H,28,33). The highest BCUT2D eigenvalue weighted by Crippen LogP contribution is 2.46. The zero-order valence-corrected chi connectivity index (χ0v) is 20.2. The quantitative estimate of drug-likeness (QED) is 0.278. The van der Waals surface area contributed by atoms with Gasteiger partial charge in [0.2, 0.25) is 5.91 Å². The van der Waals surface area contributed by atoms with Crippen molar-refractivity contribution in [2.24, 2.45) is 5.10 Å². The van der Waals surface area contributed by atoms with E-state index in [9.17, 15) is 22.4 Å². The Hall–Kier alpha value is -2.54. The van der Waals surface area contributed by atoms with Crippen LogP contribution in [-0.4, -0.2) is 33.7 Å². The summed E-state index contributed by atoms with van der Waals surface area (Å²) in [7, 11) is 0. The van der Waals surface area contributed by atoms with Gasteiger partial charge < -0.3 is 9.73 Å². The number of halogens is 7. The number of carbonyl (C=O) groups excluding carboxylic acids is 1. The summed E-state index contributed by atoms with van der Waals surface area (Å²) in [4.78, 5) is 12.1. The Morgan fingerprint density at radius 2 is 1.86 bits per heavy atom. The summed E-state index contributed by atoms with van der Waals surface area (Å²) in [6.07, 6.45) is -5.44. The highest BCUT2D eigenvalue weighted by Gasteiger charge is 2.60. The van der Waals surface area contributed by atoms with Crippen molar-refractivity contribution >= 4 is 63.9 Å². The highest BCUT2D eigenvalue weighted by molar-refractivity contribution is 7.99. The van der Waals surface area contributed by atoms with Crippen molar-refractivity contribution in [2.75, 3.05) is 11.1 Å². The van der Waals surface area contributed by atoms with E-state index in [-0.39, 0.29) is 48.9 Å². The number of hydrogen-bond donors (Lipinski definition) is 2. The Morgan fingerprint density at radius 1 is 1.14 bits per heavy atom. The van der Waals surface area contributed by atoms with Gasteiger partial charge in [0.05, 0.1) is 16.5 Å². The van der Waals surface area contributed by atoms with Crippen molar-refractivity contribution in [3.63, 3.8) is 0 Å². The van der Waals surface area contributed by atoms with Crippen molar-refractivity contribution in [2.45, 2.75) is 23.4 Å². The van der Waals surface area contributed by atoms with Crippen LogP contribution in [-0.2, 0) is 10.3 Å². The minimum atomic E-state index is -4.77. The van der Waals surface area contributed by atoms with Gasteiger partial charge >= 0.3 is 6.18 Å². The smallest absolute Gasteiger partial charge is 0.410 e. The molecule has 1 aliphatic rings. The fraction of sp³-hybridized carbons (Fsp3) is 0.200. The van der Waals surface area contributed by atoms with Crippen molar-refractivity contribution in [3.05, 3.63) is 68.7 Å². The summed E-state index contributed by atoms with van der Waals surface area (Å²) < 4.78 is 60.9. The van der Waals surface area contributed by atoms with Gasteiger partial charge in [-0.1, -0.05) is 46.6 Å². The lowest BCUT2D eigenvalue weighted by Gasteiger charge is -2.31. The molecule has 0 saturated carbocycles. The first-order valence-electron chi connectivity index (χ1n) is 9.55. The molecule has 0 radical (unpaired) electrons. The fourth-order valence-electron chi connectivity index (χ4n) is 3.20. The number of carbonyl (C=O) groups is 1. The molecule has 4 rings (SSSR count). The number of rotatable bonds is 6. The molecular formula is C20H12Cl3F4N5O2S. The molecule has 0 saturated heterocycles. The van der Waals surface area contributed by atoms with E-state index >= 15 is 0 Å². The van der Waals surface area contributed by atoms with E-state index in [4.69, 9.17) is 39.2 Å². The third kappa shape index (κ3) is 5.50. The van der Waals surface area contributed by atoms with Gasteiger partial charge in [0, 0.05) is 16.5 Å². The Morgan fingerprint density at radius 3 is 2.51 bits per heavy atom. The fourth-order valence-corrected chi connectivity index (χ4v) is 4.50. The molecule has 1 aliphatic heterocycles. The SMILES string of the molecule is O=C(CSc1nnc(C2=NNC(c3cc(Cl)cc(Cl)c3)(C(F)(F)F)C2)o1)Nc1ccc(F)cc1Cl. The number of amides is 1. The van der Waals surface area contributed by atoms with Crippen molar-refractivity contribution in [3.8, 4) is 0 Å². The lowest BCUT2D eigenvalue weighted by atomic mass is 9.85. The number of hydrazone groups is 1. The molecule has 7 nitrogen and oxygen atoms in total. The molecule has 1 amide bonds. The molecule has 3 aromatic rings. The average Bonchev–Trinajstić information content (AvgIpc) is 3.41. The maximum absolute atomic E-state index is 14.1. The lowest BCUT2D eigenvalue weighted by molar-refractivity contribution is -0.196. The van der Waals surface area contributed by atoms with Crippen LogP contribution in [0.15, 0.2) is 51.1 Å². The number of hydrogen-bond acceptors (Lipinski definition) is 7. The Balaban J connectivity index is 1.44. The molecule has 184 valence electrons. The first-order valence-corrected chi connectivity index (χ1v) is 11.7. The van der Waals surface area contributed by atoms with Crippen LogP contribution in [0.1, 0.15) is 17.9 Å². The molecule has 1 aromatic heterocycles. The molecule has 35 heavy (non-hydrogen) atoms. The third-order valence-corrected chi connectivity index (χ3v) is 6.41. The Labute approximate surface area is 214 Å². The van der Waals surface area contributed by atoms with Crippen molar-refractivity contribution in [1.82, 2.24) is 15.6 Å². The number of benzene rings is 2. The van der Waals surface area contributed by atoms with Gasteiger partial charge in [-0.25, -0.2) is 4.39 Å². The zero-order chi connectivity index (χ0) is 25.4. The Kier molecular flexibility index (Phi) is 7.18. The van der Waals surface area contributed by atoms with E-state index in [0.29, 0.717) is 0 Å². The van der Waals surface area contributed by atoms with Crippen LogP contribution in [0.4, 0.5) is 23.2 Å². The second-order valence-electron chi connectivity index (χ2n) is 7.24. The molecule has 0 bridgehead atoms. The second kappa shape index (κ2) is 9.84. The van der Waals surface area contributed by atoms with E-state index in [2.05, 4.69) is 26.0 Å². The van der Waals surface area contributed by atoms with Crippen LogP contribution in [0.25, 0.3) is 0 Å². The summed E-state index contributed by atoms with van der Waals surface area (Å²) in [6.45, 7) is 0. The van der Waals surface area contributed by atoms with Crippen LogP contribution < -0.4 is 10.7 Å². The molecule has 15 heteroatoms. The monoisotopic (exact) mass is 567 g/mol. The topological polar surface area (TPSA) is 92.4 Å². The second-order valence-corrected chi connectivity index (χ2v) is 9.45. The van der Waals surface area contributed by atoms with E-state index in [1.165, 1.54) is 12.1 Å². The summed E-state index contributed by atoms with van der Waals surface area (Å²) in [5.74, 6) is -1.50. The predicted molar refractivity (Wildman–Crippen MR) is 124 cm³/mol. The summed E-state index contributed by atoms with van der Waals surface area (Å²) in [5, 5.41) is 13.8. The third-order valence-electron chi connectivity index (χ3n) is 4.84. The van der Waals surface area contributed by atoms with Crippen LogP contribution in [0.2, 0.25) is 15.1 Å². The van der Waals surface area contributed by atoms with E-state index in [0.717, 1.165) is 36.0 Å². The first kappa shape index (κ1) is 25.5. The van der Waals surface area contributed by atoms with Gasteiger partial charge in [-0.15, -0.1) is 10.2 Å². The normalized spacial score (nSPS) is 17.7. The van der Waals surface area contributed by atoms with Crippen LogP contribution in [0.3, 0.4) is 0 Å². The summed E-state index contributed by atoms with van der Waals surface area (Å²) in [6, 6.07) is 7.09.